The number of hydrogen-bond donors (Lipinski definition) is 5. The molecule has 0 bridgehead atoms. The zero-order valence-electron chi connectivity index (χ0n) is 11.5. The smallest absolute Gasteiger partial charge is 0.316 e. The van der Waals surface area contributed by atoms with E-state index in [1.54, 1.807) is 12.1 Å². The maximum atomic E-state index is 10.9. The van der Waals surface area contributed by atoms with Gasteiger partial charge in [0.15, 0.2) is 0 Å². The van der Waals surface area contributed by atoms with Gasteiger partial charge in [-0.05, 0) is 37.5 Å². The van der Waals surface area contributed by atoms with Crippen molar-refractivity contribution in [3.63, 3.8) is 0 Å². The summed E-state index contributed by atoms with van der Waals surface area (Å²) in [4.78, 5) is 10.9. The SMILES string of the molecule is CC1CCCC(C(O)c2ccc(O)c(NC(N)=O)c2)N1. The van der Waals surface area contributed by atoms with E-state index in [9.17, 15) is 15.0 Å². The maximum absolute atomic E-state index is 10.9. The Morgan fingerprint density at radius 1 is 1.50 bits per heavy atom. The van der Waals surface area contributed by atoms with E-state index >= 15 is 0 Å². The maximum Gasteiger partial charge on any atom is 0.316 e. The standard InChI is InChI=1S/C14H21N3O3/c1-8-3-2-4-10(16-8)13(19)9-5-6-12(18)11(7-9)17-14(15)20/h5-8,10,13,16,18-19H,2-4H2,1H3,(H3,15,17,20). The lowest BCUT2D eigenvalue weighted by Gasteiger charge is -2.32. The third-order valence-corrected chi connectivity index (χ3v) is 3.65. The number of hydrogen-bond acceptors (Lipinski definition) is 4. The van der Waals surface area contributed by atoms with Crippen molar-refractivity contribution in [3.8, 4) is 5.75 Å². The lowest BCUT2D eigenvalue weighted by atomic mass is 9.92. The summed E-state index contributed by atoms with van der Waals surface area (Å²) in [5, 5.41) is 25.8. The van der Waals surface area contributed by atoms with Gasteiger partial charge in [-0.25, -0.2) is 4.79 Å². The van der Waals surface area contributed by atoms with Crippen molar-refractivity contribution in [1.29, 1.82) is 0 Å². The highest BCUT2D eigenvalue weighted by atomic mass is 16.3. The van der Waals surface area contributed by atoms with Crippen LogP contribution in [0, 0.1) is 0 Å². The number of piperidine rings is 1. The summed E-state index contributed by atoms with van der Waals surface area (Å²) in [7, 11) is 0. The Morgan fingerprint density at radius 2 is 2.25 bits per heavy atom. The number of urea groups is 1. The van der Waals surface area contributed by atoms with E-state index in [-0.39, 0.29) is 17.5 Å². The first-order valence-electron chi connectivity index (χ1n) is 6.81. The molecule has 3 unspecified atom stereocenters. The van der Waals surface area contributed by atoms with E-state index in [0.29, 0.717) is 11.6 Å². The molecule has 3 atom stereocenters. The molecule has 6 heteroatoms. The van der Waals surface area contributed by atoms with Crippen LogP contribution in [0.2, 0.25) is 0 Å². The zero-order chi connectivity index (χ0) is 14.7. The Labute approximate surface area is 118 Å². The van der Waals surface area contributed by atoms with Gasteiger partial charge in [0.2, 0.25) is 0 Å². The Kier molecular flexibility index (Phi) is 4.46. The van der Waals surface area contributed by atoms with Crippen LogP contribution in [-0.4, -0.2) is 28.3 Å². The molecule has 0 aromatic heterocycles. The number of aliphatic hydroxyl groups excluding tert-OH is 1. The zero-order valence-corrected chi connectivity index (χ0v) is 11.5. The molecule has 0 spiro atoms. The van der Waals surface area contributed by atoms with Crippen LogP contribution in [0.3, 0.4) is 0 Å². The summed E-state index contributed by atoms with van der Waals surface area (Å²) in [6.07, 6.45) is 2.38. The number of primary amides is 1. The third-order valence-electron chi connectivity index (χ3n) is 3.65. The van der Waals surface area contributed by atoms with Crippen LogP contribution in [0.15, 0.2) is 18.2 Å². The minimum atomic E-state index is -0.753. The number of phenols is 1. The Hall–Kier alpha value is -1.79. The first-order valence-corrected chi connectivity index (χ1v) is 6.81. The second-order valence-corrected chi connectivity index (χ2v) is 5.32. The van der Waals surface area contributed by atoms with Crippen LogP contribution in [0.5, 0.6) is 5.75 Å². The van der Waals surface area contributed by atoms with Gasteiger partial charge < -0.3 is 26.6 Å². The number of carbonyl (C=O) groups is 1. The molecule has 1 saturated heterocycles. The summed E-state index contributed by atoms with van der Waals surface area (Å²) >= 11 is 0. The van der Waals surface area contributed by atoms with Crippen molar-refractivity contribution in [2.45, 2.75) is 44.4 Å². The quantitative estimate of drug-likeness (QED) is 0.540. The minimum Gasteiger partial charge on any atom is -0.506 e. The van der Waals surface area contributed by atoms with Crippen molar-refractivity contribution >= 4 is 11.7 Å². The highest BCUT2D eigenvalue weighted by molar-refractivity contribution is 5.89. The van der Waals surface area contributed by atoms with E-state index in [2.05, 4.69) is 17.6 Å². The minimum absolute atomic E-state index is 0.0234. The third kappa shape index (κ3) is 3.40. The average molecular weight is 279 g/mol. The van der Waals surface area contributed by atoms with Crippen LogP contribution in [-0.2, 0) is 0 Å². The normalized spacial score (nSPS) is 24.1. The number of phenolic OH excluding ortho intramolecular Hbond substituents is 1. The Bertz CT molecular complexity index is 493. The molecule has 0 saturated carbocycles. The molecule has 20 heavy (non-hydrogen) atoms. The van der Waals surface area contributed by atoms with Crippen LogP contribution in [0.1, 0.15) is 37.9 Å². The molecule has 1 heterocycles. The second-order valence-electron chi connectivity index (χ2n) is 5.32. The number of nitrogens with two attached hydrogens (primary N) is 1. The van der Waals surface area contributed by atoms with Gasteiger partial charge in [0, 0.05) is 12.1 Å². The number of rotatable bonds is 3. The predicted octanol–water partition coefficient (Wildman–Crippen LogP) is 1.45. The number of benzene rings is 1. The number of nitrogens with one attached hydrogen (secondary N) is 2. The Morgan fingerprint density at radius 3 is 2.90 bits per heavy atom. The molecule has 2 amide bonds. The molecule has 2 rings (SSSR count). The van der Waals surface area contributed by atoms with Crippen molar-refractivity contribution in [3.05, 3.63) is 23.8 Å². The molecule has 1 aliphatic heterocycles. The number of aromatic hydroxyl groups is 1. The van der Waals surface area contributed by atoms with E-state index < -0.39 is 12.1 Å². The first kappa shape index (κ1) is 14.6. The lowest BCUT2D eigenvalue weighted by molar-refractivity contribution is 0.104. The Balaban J connectivity index is 2.16. The highest BCUT2D eigenvalue weighted by Crippen LogP contribution is 2.30. The fourth-order valence-corrected chi connectivity index (χ4v) is 2.63. The fourth-order valence-electron chi connectivity index (χ4n) is 2.63. The molecular formula is C14H21N3O3. The van der Waals surface area contributed by atoms with Gasteiger partial charge in [0.05, 0.1) is 11.8 Å². The van der Waals surface area contributed by atoms with Gasteiger partial charge in [0.25, 0.3) is 0 Å². The molecule has 6 N–H and O–H groups in total. The van der Waals surface area contributed by atoms with E-state index in [4.69, 9.17) is 5.73 Å². The van der Waals surface area contributed by atoms with E-state index in [1.165, 1.54) is 6.07 Å². The molecule has 0 aliphatic carbocycles. The largest absolute Gasteiger partial charge is 0.506 e. The first-order chi connectivity index (χ1) is 9.47. The van der Waals surface area contributed by atoms with Crippen molar-refractivity contribution < 1.29 is 15.0 Å². The molecule has 1 fully saturated rings. The van der Waals surface area contributed by atoms with Gasteiger partial charge in [0.1, 0.15) is 5.75 Å². The van der Waals surface area contributed by atoms with Gasteiger partial charge >= 0.3 is 6.03 Å². The van der Waals surface area contributed by atoms with Crippen molar-refractivity contribution in [2.24, 2.45) is 5.73 Å². The molecule has 110 valence electrons. The van der Waals surface area contributed by atoms with Crippen LogP contribution < -0.4 is 16.4 Å². The summed E-state index contributed by atoms with van der Waals surface area (Å²) in [5.74, 6) is -0.0790. The van der Waals surface area contributed by atoms with Crippen LogP contribution >= 0.6 is 0 Å². The van der Waals surface area contributed by atoms with Gasteiger partial charge in [-0.1, -0.05) is 12.5 Å². The van der Waals surface area contributed by atoms with Crippen LogP contribution in [0.4, 0.5) is 10.5 Å². The van der Waals surface area contributed by atoms with E-state index in [1.807, 2.05) is 0 Å². The topological polar surface area (TPSA) is 108 Å². The fraction of sp³-hybridized carbons (Fsp3) is 0.500. The molecule has 1 aromatic rings. The predicted molar refractivity (Wildman–Crippen MR) is 76.5 cm³/mol. The van der Waals surface area contributed by atoms with E-state index in [0.717, 1.165) is 19.3 Å². The van der Waals surface area contributed by atoms with Crippen LogP contribution in [0.25, 0.3) is 0 Å². The van der Waals surface area contributed by atoms with Crippen molar-refractivity contribution in [1.82, 2.24) is 5.32 Å². The van der Waals surface area contributed by atoms with Gasteiger partial charge in [-0.2, -0.15) is 0 Å². The highest BCUT2D eigenvalue weighted by Gasteiger charge is 2.26. The number of carbonyl (C=O) groups excluding carboxylic acids is 1. The monoisotopic (exact) mass is 279 g/mol. The number of anilines is 1. The molecule has 6 nitrogen and oxygen atoms in total. The second kappa shape index (κ2) is 6.11. The summed E-state index contributed by atoms with van der Waals surface area (Å²) in [6, 6.07) is 4.24. The molecule has 0 radical (unpaired) electrons. The summed E-state index contributed by atoms with van der Waals surface area (Å²) < 4.78 is 0. The van der Waals surface area contributed by atoms with Crippen molar-refractivity contribution in [2.75, 3.05) is 5.32 Å². The summed E-state index contributed by atoms with van der Waals surface area (Å²) in [5.41, 5.74) is 5.89. The number of amides is 2. The molecule has 1 aromatic carbocycles. The lowest BCUT2D eigenvalue weighted by Crippen LogP contribution is -2.44. The van der Waals surface area contributed by atoms with Gasteiger partial charge in [-0.15, -0.1) is 0 Å². The molecule has 1 aliphatic rings. The summed E-state index contributed by atoms with van der Waals surface area (Å²) in [6.45, 7) is 2.09. The number of aliphatic hydroxyl groups is 1. The van der Waals surface area contributed by atoms with Gasteiger partial charge in [-0.3, -0.25) is 0 Å². The molecular weight excluding hydrogens is 258 g/mol. The average Bonchev–Trinajstić information content (AvgIpc) is 2.40.